The monoisotopic (exact) mass is 229 g/mol. The highest BCUT2D eigenvalue weighted by Crippen LogP contribution is 2.10. The zero-order valence-corrected chi connectivity index (χ0v) is 8.39. The van der Waals surface area contributed by atoms with E-state index in [1.807, 2.05) is 0 Å². The number of hydrogen-bond acceptors (Lipinski definition) is 6. The zero-order valence-electron chi connectivity index (χ0n) is 8.39. The summed E-state index contributed by atoms with van der Waals surface area (Å²) in [6.07, 6.45) is -0.999. The van der Waals surface area contributed by atoms with Crippen LogP contribution >= 0.6 is 0 Å². The van der Waals surface area contributed by atoms with Crippen LogP contribution in [-0.2, 0) is 4.74 Å². The van der Waals surface area contributed by atoms with E-state index in [9.17, 15) is 4.79 Å². The number of furan rings is 1. The summed E-state index contributed by atoms with van der Waals surface area (Å²) in [6.45, 7) is 1.16. The van der Waals surface area contributed by atoms with E-state index >= 15 is 0 Å². The van der Waals surface area contributed by atoms with Gasteiger partial charge in [0.25, 0.3) is 0 Å². The first kappa shape index (κ1) is 12.9. The fourth-order valence-electron chi connectivity index (χ4n) is 1.02. The number of aliphatic hydroxyl groups excluding tert-OH is 3. The van der Waals surface area contributed by atoms with E-state index in [1.165, 1.54) is 6.26 Å². The summed E-state index contributed by atoms with van der Waals surface area (Å²) in [6, 6.07) is 3.27. The van der Waals surface area contributed by atoms with Gasteiger partial charge in [-0.1, -0.05) is 0 Å². The Morgan fingerprint density at radius 3 is 2.50 bits per heavy atom. The van der Waals surface area contributed by atoms with E-state index in [1.54, 1.807) is 12.1 Å². The molecule has 0 bridgehead atoms. The van der Waals surface area contributed by atoms with Crippen LogP contribution in [0.3, 0.4) is 0 Å². The molecule has 0 aliphatic carbocycles. The minimum absolute atomic E-state index is 0.0538. The van der Waals surface area contributed by atoms with Gasteiger partial charge in [0.1, 0.15) is 24.9 Å². The Morgan fingerprint density at radius 2 is 2.12 bits per heavy atom. The number of aldehydes is 1. The van der Waals surface area contributed by atoms with Crippen LogP contribution in [-0.4, -0.2) is 46.5 Å². The molecule has 2 rings (SSSR count). The van der Waals surface area contributed by atoms with Crippen molar-refractivity contribution in [1.29, 1.82) is 0 Å². The molecule has 6 nitrogen and oxygen atoms in total. The standard InChI is InChI=1S/C5H9O4.C5H4O2/c6-3-1-9-2-4(7)5(3)8;6-4-5-2-1-3-7-5/h1,3-8H,2H2;1-4H/t3-,4+,5-;/m0./s1. The first-order chi connectivity index (χ1) is 7.65. The topological polar surface area (TPSA) is 100 Å². The molecule has 6 heteroatoms. The van der Waals surface area contributed by atoms with Crippen LogP contribution in [0.15, 0.2) is 22.8 Å². The predicted octanol–water partition coefficient (Wildman–Crippen LogP) is -0.647. The fourth-order valence-corrected chi connectivity index (χ4v) is 1.02. The minimum atomic E-state index is -1.10. The molecule has 0 unspecified atom stereocenters. The molecule has 1 radical (unpaired) electrons. The van der Waals surface area contributed by atoms with Crippen LogP contribution in [0.2, 0.25) is 0 Å². The third-order valence-corrected chi connectivity index (χ3v) is 1.91. The van der Waals surface area contributed by atoms with Gasteiger partial charge in [0, 0.05) is 0 Å². The van der Waals surface area contributed by atoms with E-state index in [4.69, 9.17) is 15.3 Å². The molecule has 16 heavy (non-hydrogen) atoms. The Balaban J connectivity index is 0.000000165. The van der Waals surface area contributed by atoms with Crippen molar-refractivity contribution in [1.82, 2.24) is 0 Å². The van der Waals surface area contributed by atoms with Crippen molar-refractivity contribution < 1.29 is 29.3 Å². The lowest BCUT2D eigenvalue weighted by molar-refractivity contribution is -0.124. The van der Waals surface area contributed by atoms with Gasteiger partial charge in [-0.05, 0) is 12.1 Å². The second-order valence-electron chi connectivity index (χ2n) is 3.15. The predicted molar refractivity (Wildman–Crippen MR) is 52.4 cm³/mol. The molecule has 0 amide bonds. The number of ether oxygens (including phenoxy) is 1. The number of carbonyl (C=O) groups excluding carboxylic acids is 1. The number of hydrogen-bond donors (Lipinski definition) is 3. The fraction of sp³-hybridized carbons (Fsp3) is 0.400. The van der Waals surface area contributed by atoms with Crippen molar-refractivity contribution >= 4 is 6.29 Å². The largest absolute Gasteiger partial charge is 0.462 e. The number of rotatable bonds is 1. The summed E-state index contributed by atoms with van der Waals surface area (Å²) in [5, 5.41) is 26.4. The second kappa shape index (κ2) is 6.39. The summed E-state index contributed by atoms with van der Waals surface area (Å²) >= 11 is 0. The zero-order chi connectivity index (χ0) is 12.0. The molecule has 1 fully saturated rings. The first-order valence-electron chi connectivity index (χ1n) is 4.63. The van der Waals surface area contributed by atoms with Crippen LogP contribution in [0.4, 0.5) is 0 Å². The number of carbonyl (C=O) groups is 1. The normalized spacial score (nSPS) is 29.1. The molecule has 0 saturated carbocycles. The highest BCUT2D eigenvalue weighted by atomic mass is 16.5. The lowest BCUT2D eigenvalue weighted by Crippen LogP contribution is -2.44. The number of aliphatic hydroxyl groups is 3. The van der Waals surface area contributed by atoms with Crippen molar-refractivity contribution in [3.8, 4) is 0 Å². The van der Waals surface area contributed by atoms with Gasteiger partial charge in [0.2, 0.25) is 0 Å². The second-order valence-corrected chi connectivity index (χ2v) is 3.15. The molecule has 3 atom stereocenters. The van der Waals surface area contributed by atoms with Crippen molar-refractivity contribution in [2.75, 3.05) is 6.61 Å². The summed E-state index contributed by atoms with van der Waals surface area (Å²) in [5.41, 5.74) is 0. The van der Waals surface area contributed by atoms with E-state index in [0.29, 0.717) is 12.0 Å². The molecule has 1 aliphatic rings. The molecular weight excluding hydrogens is 216 g/mol. The van der Waals surface area contributed by atoms with Gasteiger partial charge in [-0.2, -0.15) is 0 Å². The smallest absolute Gasteiger partial charge is 0.185 e. The Labute approximate surface area is 92.1 Å². The summed E-state index contributed by atoms with van der Waals surface area (Å²) in [5.74, 6) is 0.375. The van der Waals surface area contributed by atoms with E-state index < -0.39 is 18.3 Å². The highest BCUT2D eigenvalue weighted by molar-refractivity contribution is 5.69. The van der Waals surface area contributed by atoms with Crippen LogP contribution in [0.25, 0.3) is 0 Å². The SMILES string of the molecule is O=Cc1ccco1.O[C@@H]1[C@H](O)CO[CH][C@@H]1O. The summed E-state index contributed by atoms with van der Waals surface area (Å²) in [4.78, 5) is 9.77. The molecule has 0 spiro atoms. The molecule has 3 N–H and O–H groups in total. The maximum Gasteiger partial charge on any atom is 0.185 e. The van der Waals surface area contributed by atoms with Crippen molar-refractivity contribution in [3.63, 3.8) is 0 Å². The minimum Gasteiger partial charge on any atom is -0.462 e. The van der Waals surface area contributed by atoms with Gasteiger partial charge >= 0.3 is 0 Å². The van der Waals surface area contributed by atoms with E-state index in [-0.39, 0.29) is 6.61 Å². The third-order valence-electron chi connectivity index (χ3n) is 1.91. The molecule has 0 aromatic carbocycles. The lowest BCUT2D eigenvalue weighted by atomic mass is 10.1. The van der Waals surface area contributed by atoms with E-state index in [2.05, 4.69) is 9.15 Å². The highest BCUT2D eigenvalue weighted by Gasteiger charge is 2.29. The first-order valence-corrected chi connectivity index (χ1v) is 4.63. The average molecular weight is 229 g/mol. The molecule has 89 valence electrons. The van der Waals surface area contributed by atoms with Gasteiger partial charge in [-0.15, -0.1) is 0 Å². The van der Waals surface area contributed by atoms with Gasteiger partial charge < -0.3 is 24.5 Å². The molecular formula is C10H13O6. The molecule has 1 saturated heterocycles. The van der Waals surface area contributed by atoms with E-state index in [0.717, 1.165) is 6.61 Å². The van der Waals surface area contributed by atoms with Crippen molar-refractivity contribution in [3.05, 3.63) is 30.8 Å². The maximum absolute atomic E-state index is 9.77. The Kier molecular flexibility index (Phi) is 5.13. The van der Waals surface area contributed by atoms with Crippen LogP contribution in [0.1, 0.15) is 10.6 Å². The Morgan fingerprint density at radius 1 is 1.38 bits per heavy atom. The summed E-state index contributed by atoms with van der Waals surface area (Å²) in [7, 11) is 0. The van der Waals surface area contributed by atoms with Crippen LogP contribution in [0, 0.1) is 6.61 Å². The third kappa shape index (κ3) is 3.74. The van der Waals surface area contributed by atoms with Gasteiger partial charge in [-0.3, -0.25) is 4.79 Å². The summed E-state index contributed by atoms with van der Waals surface area (Å²) < 4.78 is 9.19. The van der Waals surface area contributed by atoms with Crippen LogP contribution < -0.4 is 0 Å². The van der Waals surface area contributed by atoms with Crippen molar-refractivity contribution in [2.24, 2.45) is 0 Å². The van der Waals surface area contributed by atoms with Gasteiger partial charge in [-0.25, -0.2) is 0 Å². The Hall–Kier alpha value is -1.21. The van der Waals surface area contributed by atoms with Gasteiger partial charge in [0.15, 0.2) is 12.0 Å². The molecule has 2 heterocycles. The molecule has 1 aromatic heterocycles. The quantitative estimate of drug-likeness (QED) is 0.553. The average Bonchev–Trinajstić information content (AvgIpc) is 2.79. The van der Waals surface area contributed by atoms with Crippen molar-refractivity contribution in [2.45, 2.75) is 18.3 Å². The maximum atomic E-state index is 9.77. The van der Waals surface area contributed by atoms with Gasteiger partial charge in [0.05, 0.1) is 12.9 Å². The Bertz CT molecular complexity index is 286. The molecule has 1 aromatic rings. The lowest BCUT2D eigenvalue weighted by Gasteiger charge is -2.27. The van der Waals surface area contributed by atoms with Crippen LogP contribution in [0.5, 0.6) is 0 Å². The molecule has 1 aliphatic heterocycles.